The maximum absolute atomic E-state index is 11.4. The minimum atomic E-state index is -1.00. The summed E-state index contributed by atoms with van der Waals surface area (Å²) in [6.45, 7) is 0.367. The van der Waals surface area contributed by atoms with Gasteiger partial charge in [-0.25, -0.2) is 4.79 Å². The highest BCUT2D eigenvalue weighted by molar-refractivity contribution is 14.1. The number of rotatable bonds is 3. The zero-order chi connectivity index (χ0) is 22.4. The molecule has 2 aliphatic rings. The molecular formula is C24H15ClIN3O3. The van der Waals surface area contributed by atoms with Crippen LogP contribution in [0.4, 0.5) is 5.69 Å². The van der Waals surface area contributed by atoms with Gasteiger partial charge in [-0.2, -0.15) is 10.4 Å². The third kappa shape index (κ3) is 3.49. The Morgan fingerprint density at radius 2 is 1.97 bits per heavy atom. The fourth-order valence-corrected chi connectivity index (χ4v) is 4.73. The molecule has 0 aromatic heterocycles. The number of hydrogen-bond acceptors (Lipinski definition) is 5. The van der Waals surface area contributed by atoms with Crippen molar-refractivity contribution < 1.29 is 14.6 Å². The summed E-state index contributed by atoms with van der Waals surface area (Å²) in [5.74, 6) is -0.550. The molecule has 0 fully saturated rings. The van der Waals surface area contributed by atoms with E-state index in [0.717, 1.165) is 26.1 Å². The summed E-state index contributed by atoms with van der Waals surface area (Å²) < 4.78 is 7.14. The lowest BCUT2D eigenvalue weighted by Crippen LogP contribution is -2.33. The minimum absolute atomic E-state index is 0.0624. The quantitative estimate of drug-likeness (QED) is 0.432. The molecule has 0 saturated heterocycles. The van der Waals surface area contributed by atoms with E-state index in [-0.39, 0.29) is 17.5 Å². The summed E-state index contributed by atoms with van der Waals surface area (Å²) in [5, 5.41) is 25.8. The molecule has 1 N–H and O–H groups in total. The predicted molar refractivity (Wildman–Crippen MR) is 129 cm³/mol. The van der Waals surface area contributed by atoms with Crippen LogP contribution in [0.2, 0.25) is 5.02 Å². The monoisotopic (exact) mass is 555 g/mol. The normalized spacial score (nSPS) is 18.8. The fraction of sp³-hybridized carbons (Fsp3) is 0.125. The van der Waals surface area contributed by atoms with Gasteiger partial charge in [0.2, 0.25) is 0 Å². The molecule has 8 heteroatoms. The molecule has 158 valence electrons. The molecule has 0 radical (unpaired) electrons. The van der Waals surface area contributed by atoms with Gasteiger partial charge in [-0.05, 0) is 76.7 Å². The first-order chi connectivity index (χ1) is 15.5. The van der Waals surface area contributed by atoms with Crippen LogP contribution < -0.4 is 9.75 Å². The van der Waals surface area contributed by atoms with Gasteiger partial charge >= 0.3 is 5.97 Å². The number of fused-ring (bicyclic) bond motifs is 3. The topological polar surface area (TPSA) is 85.9 Å². The Morgan fingerprint density at radius 1 is 1.19 bits per heavy atom. The smallest absolute Gasteiger partial charge is 0.335 e. The van der Waals surface area contributed by atoms with Crippen LogP contribution in [0.15, 0.2) is 65.8 Å². The van der Waals surface area contributed by atoms with Crippen molar-refractivity contribution >= 4 is 51.6 Å². The number of nitrogens with zero attached hydrogens (tertiary/aromatic N) is 3. The molecule has 0 unspecified atom stereocenters. The third-order valence-electron chi connectivity index (χ3n) is 5.68. The minimum Gasteiger partial charge on any atom is -0.492 e. The Morgan fingerprint density at radius 3 is 2.66 bits per heavy atom. The van der Waals surface area contributed by atoms with Gasteiger partial charge in [0.15, 0.2) is 0 Å². The summed E-state index contributed by atoms with van der Waals surface area (Å²) in [6, 6.07) is 20.3. The summed E-state index contributed by atoms with van der Waals surface area (Å²) in [7, 11) is 0. The van der Waals surface area contributed by atoms with E-state index >= 15 is 0 Å². The van der Waals surface area contributed by atoms with Gasteiger partial charge in [0.05, 0.1) is 46.1 Å². The number of halogens is 2. The van der Waals surface area contributed by atoms with Gasteiger partial charge < -0.3 is 9.84 Å². The van der Waals surface area contributed by atoms with Gasteiger partial charge in [0, 0.05) is 9.13 Å². The summed E-state index contributed by atoms with van der Waals surface area (Å²) in [4.78, 5) is 11.4. The Kier molecular flexibility index (Phi) is 5.27. The zero-order valence-corrected chi connectivity index (χ0v) is 19.4. The maximum Gasteiger partial charge on any atom is 0.335 e. The molecule has 3 aromatic rings. The van der Waals surface area contributed by atoms with Gasteiger partial charge in [-0.3, -0.25) is 5.01 Å². The number of hydrazone groups is 1. The van der Waals surface area contributed by atoms with Crippen LogP contribution in [-0.2, 0) is 0 Å². The zero-order valence-electron chi connectivity index (χ0n) is 16.5. The average Bonchev–Trinajstić information content (AvgIpc) is 3.19. The second kappa shape index (κ2) is 8.11. The van der Waals surface area contributed by atoms with Crippen molar-refractivity contribution in [3.05, 3.63) is 91.5 Å². The number of benzene rings is 3. The van der Waals surface area contributed by atoms with Gasteiger partial charge in [0.1, 0.15) is 11.8 Å². The van der Waals surface area contributed by atoms with Crippen LogP contribution in [0.1, 0.15) is 33.1 Å². The van der Waals surface area contributed by atoms with Crippen LogP contribution >= 0.6 is 34.2 Å². The molecule has 0 amide bonds. The molecule has 2 atom stereocenters. The molecule has 0 aliphatic carbocycles. The highest BCUT2D eigenvalue weighted by atomic mass is 127. The van der Waals surface area contributed by atoms with Crippen molar-refractivity contribution in [2.24, 2.45) is 11.0 Å². The largest absolute Gasteiger partial charge is 0.492 e. The van der Waals surface area contributed by atoms with E-state index < -0.39 is 5.97 Å². The van der Waals surface area contributed by atoms with E-state index in [4.69, 9.17) is 21.4 Å². The number of carboxylic acid groups (broad SMARTS) is 1. The molecule has 32 heavy (non-hydrogen) atoms. The van der Waals surface area contributed by atoms with Crippen LogP contribution in [0, 0.1) is 20.8 Å². The van der Waals surface area contributed by atoms with E-state index in [1.54, 1.807) is 24.3 Å². The molecule has 3 aromatic carbocycles. The molecule has 2 aliphatic heterocycles. The molecule has 2 heterocycles. The second-order valence-electron chi connectivity index (χ2n) is 7.54. The van der Waals surface area contributed by atoms with Crippen molar-refractivity contribution in [3.8, 4) is 11.8 Å². The highest BCUT2D eigenvalue weighted by Gasteiger charge is 2.43. The van der Waals surface area contributed by atoms with Gasteiger partial charge in [-0.1, -0.05) is 23.7 Å². The number of nitriles is 1. The van der Waals surface area contributed by atoms with Crippen molar-refractivity contribution in [2.45, 2.75) is 6.04 Å². The van der Waals surface area contributed by atoms with Crippen molar-refractivity contribution in [1.29, 1.82) is 5.26 Å². The molecule has 6 nitrogen and oxygen atoms in total. The molecule has 0 saturated carbocycles. The number of hydrogen-bond donors (Lipinski definition) is 1. The Hall–Kier alpha value is -3.09. The average molecular weight is 556 g/mol. The number of aromatic carboxylic acids is 1. The van der Waals surface area contributed by atoms with Crippen LogP contribution in [0.3, 0.4) is 0 Å². The number of ether oxygens (including phenoxy) is 1. The first kappa shape index (κ1) is 20.8. The molecule has 5 rings (SSSR count). The van der Waals surface area contributed by atoms with Crippen molar-refractivity contribution in [1.82, 2.24) is 0 Å². The Balaban J connectivity index is 1.64. The predicted octanol–water partition coefficient (Wildman–Crippen LogP) is 5.49. The number of anilines is 1. The Labute approximate surface area is 202 Å². The maximum atomic E-state index is 11.4. The van der Waals surface area contributed by atoms with Crippen molar-refractivity contribution in [3.63, 3.8) is 0 Å². The summed E-state index contributed by atoms with van der Waals surface area (Å²) >= 11 is 8.60. The standard InChI is InChI=1S/C24H15ClIN3O3/c25-20-10-17(7-3-15(20)11-27)29-23(13-1-5-16(26)6-2-13)19-12-32-21-9-14(24(30)31)4-8-18(21)22(19)28-29/h1-10,19,23H,12H2,(H,30,31)/t19-,23-/m0/s1. The van der Waals surface area contributed by atoms with E-state index in [2.05, 4.69) is 52.9 Å². The second-order valence-corrected chi connectivity index (χ2v) is 9.19. The lowest BCUT2D eigenvalue weighted by atomic mass is 9.85. The highest BCUT2D eigenvalue weighted by Crippen LogP contribution is 2.45. The number of carboxylic acids is 1. The van der Waals surface area contributed by atoms with E-state index in [0.29, 0.717) is 22.9 Å². The fourth-order valence-electron chi connectivity index (χ4n) is 4.15. The summed E-state index contributed by atoms with van der Waals surface area (Å²) in [5.41, 5.74) is 4.04. The van der Waals surface area contributed by atoms with Crippen molar-refractivity contribution in [2.75, 3.05) is 11.6 Å². The SMILES string of the molecule is N#Cc1ccc(N2N=C3c4ccc(C(=O)O)cc4OC[C@@H]3[C@@H]2c2ccc(I)cc2)cc1Cl. The Bertz CT molecular complexity index is 1320. The first-order valence-corrected chi connectivity index (χ1v) is 11.3. The molecule has 0 spiro atoms. The molecular weight excluding hydrogens is 541 g/mol. The lowest BCUT2D eigenvalue weighted by Gasteiger charge is -2.31. The van der Waals surface area contributed by atoms with Gasteiger partial charge in [0.25, 0.3) is 0 Å². The van der Waals surface area contributed by atoms with Gasteiger partial charge in [-0.15, -0.1) is 0 Å². The number of carbonyl (C=O) groups is 1. The molecule has 0 bridgehead atoms. The summed E-state index contributed by atoms with van der Waals surface area (Å²) in [6.07, 6.45) is 0. The van der Waals surface area contributed by atoms with Crippen LogP contribution in [0.25, 0.3) is 0 Å². The first-order valence-electron chi connectivity index (χ1n) is 9.79. The van der Waals surface area contributed by atoms with E-state index in [1.165, 1.54) is 6.07 Å². The van der Waals surface area contributed by atoms with E-state index in [1.807, 2.05) is 11.1 Å². The van der Waals surface area contributed by atoms with E-state index in [9.17, 15) is 15.2 Å². The third-order valence-corrected chi connectivity index (χ3v) is 6.72. The van der Waals surface area contributed by atoms with Crippen LogP contribution in [-0.4, -0.2) is 23.4 Å². The van der Waals surface area contributed by atoms with Crippen LogP contribution in [0.5, 0.6) is 5.75 Å². The lowest BCUT2D eigenvalue weighted by molar-refractivity contribution is 0.0696.